The highest BCUT2D eigenvalue weighted by atomic mass is 14.2. The molecule has 3 rings (SSSR count). The topological polar surface area (TPSA) is 0 Å². The van der Waals surface area contributed by atoms with Gasteiger partial charge in [-0.2, -0.15) is 0 Å². The predicted molar refractivity (Wildman–Crippen MR) is 87.6 cm³/mol. The molecule has 0 N–H and O–H groups in total. The summed E-state index contributed by atoms with van der Waals surface area (Å²) < 4.78 is 0. The summed E-state index contributed by atoms with van der Waals surface area (Å²) in [5.41, 5.74) is 4.30. The van der Waals surface area contributed by atoms with E-state index in [1.807, 2.05) is 0 Å². The van der Waals surface area contributed by atoms with Gasteiger partial charge >= 0.3 is 0 Å². The van der Waals surface area contributed by atoms with Crippen LogP contribution in [0.4, 0.5) is 0 Å². The lowest BCUT2D eigenvalue weighted by Crippen LogP contribution is -2.15. The summed E-state index contributed by atoms with van der Waals surface area (Å²) in [4.78, 5) is 0. The van der Waals surface area contributed by atoms with Crippen molar-refractivity contribution in [1.82, 2.24) is 0 Å². The first kappa shape index (κ1) is 13.7. The summed E-state index contributed by atoms with van der Waals surface area (Å²) in [6.07, 6.45) is 16.3. The van der Waals surface area contributed by atoms with Crippen LogP contribution in [0.5, 0.6) is 0 Å². The van der Waals surface area contributed by atoms with Gasteiger partial charge in [0.1, 0.15) is 0 Å². The molecule has 0 radical (unpaired) electrons. The van der Waals surface area contributed by atoms with Gasteiger partial charge in [-0.05, 0) is 54.2 Å². The lowest BCUT2D eigenvalue weighted by atomic mass is 9.79. The van der Waals surface area contributed by atoms with E-state index in [1.54, 1.807) is 0 Å². The molecule has 20 heavy (non-hydrogen) atoms. The molecule has 0 heteroatoms. The molecule has 0 heterocycles. The van der Waals surface area contributed by atoms with Gasteiger partial charge in [-0.25, -0.2) is 0 Å². The van der Waals surface area contributed by atoms with E-state index in [-0.39, 0.29) is 0 Å². The van der Waals surface area contributed by atoms with Crippen molar-refractivity contribution in [2.24, 2.45) is 11.8 Å². The zero-order chi connectivity index (χ0) is 13.8. The molecule has 1 fully saturated rings. The minimum absolute atomic E-state index is 0.915. The Kier molecular flexibility index (Phi) is 4.40. The van der Waals surface area contributed by atoms with E-state index in [2.05, 4.69) is 49.4 Å². The molecule has 0 aliphatic heterocycles. The van der Waals surface area contributed by atoms with Crippen molar-refractivity contribution in [3.05, 3.63) is 53.6 Å². The number of benzene rings is 1. The maximum absolute atomic E-state index is 2.41. The summed E-state index contributed by atoms with van der Waals surface area (Å²) >= 11 is 0. The Bertz CT molecular complexity index is 489. The van der Waals surface area contributed by atoms with Crippen LogP contribution in [0, 0.1) is 11.8 Å². The number of hydrogen-bond donors (Lipinski definition) is 0. The molecular weight excluding hydrogens is 240 g/mol. The minimum atomic E-state index is 0.915. The van der Waals surface area contributed by atoms with Crippen LogP contribution in [0.2, 0.25) is 0 Å². The maximum Gasteiger partial charge on any atom is -0.0187 e. The first-order valence-corrected chi connectivity index (χ1v) is 8.27. The second-order valence-corrected chi connectivity index (χ2v) is 6.68. The molecule has 106 valence electrons. The van der Waals surface area contributed by atoms with Gasteiger partial charge in [0.05, 0.1) is 0 Å². The zero-order valence-electron chi connectivity index (χ0n) is 12.6. The Morgan fingerprint density at radius 3 is 2.60 bits per heavy atom. The molecule has 2 atom stereocenters. The SMILES string of the molecule is CC1CCCC(Cc2ccc(C3=CCCC=C3)cc2)C1. The van der Waals surface area contributed by atoms with Gasteiger partial charge in [0.25, 0.3) is 0 Å². The fourth-order valence-corrected chi connectivity index (χ4v) is 3.74. The van der Waals surface area contributed by atoms with Gasteiger partial charge in [-0.3, -0.25) is 0 Å². The van der Waals surface area contributed by atoms with Gasteiger partial charge < -0.3 is 0 Å². The second-order valence-electron chi connectivity index (χ2n) is 6.68. The Balaban J connectivity index is 1.64. The first-order valence-electron chi connectivity index (χ1n) is 8.27. The van der Waals surface area contributed by atoms with E-state index < -0.39 is 0 Å². The molecule has 1 aromatic carbocycles. The molecule has 0 bridgehead atoms. The molecule has 2 aliphatic rings. The normalized spacial score (nSPS) is 26.4. The van der Waals surface area contributed by atoms with Crippen LogP contribution in [0.25, 0.3) is 5.57 Å². The minimum Gasteiger partial charge on any atom is -0.0836 e. The van der Waals surface area contributed by atoms with Crippen LogP contribution in [-0.2, 0) is 6.42 Å². The Morgan fingerprint density at radius 2 is 1.90 bits per heavy atom. The third kappa shape index (κ3) is 3.42. The van der Waals surface area contributed by atoms with Crippen molar-refractivity contribution in [3.63, 3.8) is 0 Å². The van der Waals surface area contributed by atoms with Crippen molar-refractivity contribution in [1.29, 1.82) is 0 Å². The fourth-order valence-electron chi connectivity index (χ4n) is 3.74. The van der Waals surface area contributed by atoms with Gasteiger partial charge in [0, 0.05) is 0 Å². The monoisotopic (exact) mass is 266 g/mol. The van der Waals surface area contributed by atoms with Crippen molar-refractivity contribution in [2.75, 3.05) is 0 Å². The van der Waals surface area contributed by atoms with Crippen molar-refractivity contribution < 1.29 is 0 Å². The molecule has 1 saturated carbocycles. The van der Waals surface area contributed by atoms with E-state index in [4.69, 9.17) is 0 Å². The highest BCUT2D eigenvalue weighted by Gasteiger charge is 2.18. The largest absolute Gasteiger partial charge is 0.0836 e. The van der Waals surface area contributed by atoms with Crippen LogP contribution in [0.3, 0.4) is 0 Å². The van der Waals surface area contributed by atoms with Crippen molar-refractivity contribution in [2.45, 2.75) is 51.9 Å². The van der Waals surface area contributed by atoms with Crippen LogP contribution in [-0.4, -0.2) is 0 Å². The number of hydrogen-bond acceptors (Lipinski definition) is 0. The maximum atomic E-state index is 2.41. The van der Waals surface area contributed by atoms with Crippen LogP contribution in [0.1, 0.15) is 56.6 Å². The Hall–Kier alpha value is -1.30. The molecule has 1 aromatic rings. The smallest absolute Gasteiger partial charge is 0.0187 e. The lowest BCUT2D eigenvalue weighted by Gasteiger charge is -2.26. The highest BCUT2D eigenvalue weighted by Crippen LogP contribution is 2.31. The summed E-state index contributed by atoms with van der Waals surface area (Å²) in [5, 5.41) is 0. The summed E-state index contributed by atoms with van der Waals surface area (Å²) in [6.45, 7) is 2.41. The summed E-state index contributed by atoms with van der Waals surface area (Å²) in [6, 6.07) is 9.31. The summed E-state index contributed by atoms with van der Waals surface area (Å²) in [7, 11) is 0. The molecule has 0 nitrogen and oxygen atoms in total. The fraction of sp³-hybridized carbons (Fsp3) is 0.500. The van der Waals surface area contributed by atoms with Gasteiger partial charge in [0.2, 0.25) is 0 Å². The average Bonchev–Trinajstić information content (AvgIpc) is 2.49. The molecule has 0 aromatic heterocycles. The third-order valence-electron chi connectivity index (χ3n) is 4.85. The molecule has 0 amide bonds. The summed E-state index contributed by atoms with van der Waals surface area (Å²) in [5.74, 6) is 1.85. The highest BCUT2D eigenvalue weighted by molar-refractivity contribution is 5.74. The van der Waals surface area contributed by atoms with Crippen LogP contribution < -0.4 is 0 Å². The van der Waals surface area contributed by atoms with Crippen LogP contribution >= 0.6 is 0 Å². The Morgan fingerprint density at radius 1 is 1.05 bits per heavy atom. The molecule has 2 aliphatic carbocycles. The van der Waals surface area contributed by atoms with Crippen molar-refractivity contribution in [3.8, 4) is 0 Å². The number of allylic oxidation sites excluding steroid dienone is 4. The van der Waals surface area contributed by atoms with Gasteiger partial charge in [-0.1, -0.05) is 68.7 Å². The van der Waals surface area contributed by atoms with E-state index in [0.717, 1.165) is 11.8 Å². The molecule has 2 unspecified atom stereocenters. The molecular formula is C20H26. The molecule has 0 saturated heterocycles. The second kappa shape index (κ2) is 6.43. The first-order chi connectivity index (χ1) is 9.81. The number of rotatable bonds is 3. The van der Waals surface area contributed by atoms with E-state index >= 15 is 0 Å². The van der Waals surface area contributed by atoms with Crippen LogP contribution in [0.15, 0.2) is 42.5 Å². The lowest BCUT2D eigenvalue weighted by molar-refractivity contribution is 0.281. The predicted octanol–water partition coefficient (Wildman–Crippen LogP) is 5.79. The zero-order valence-corrected chi connectivity index (χ0v) is 12.6. The molecule has 0 spiro atoms. The quantitative estimate of drug-likeness (QED) is 0.649. The average molecular weight is 266 g/mol. The van der Waals surface area contributed by atoms with Gasteiger partial charge in [0.15, 0.2) is 0 Å². The third-order valence-corrected chi connectivity index (χ3v) is 4.85. The van der Waals surface area contributed by atoms with Crippen molar-refractivity contribution >= 4 is 5.57 Å². The van der Waals surface area contributed by atoms with Gasteiger partial charge in [-0.15, -0.1) is 0 Å². The van der Waals surface area contributed by atoms with E-state index in [9.17, 15) is 0 Å². The van der Waals surface area contributed by atoms with E-state index in [0.29, 0.717) is 0 Å². The standard InChI is InChI=1S/C20H26/c1-16-6-5-7-18(14-16)15-17-10-12-20(13-11-17)19-8-3-2-4-9-19/h3,8-13,16,18H,2,4-7,14-15H2,1H3. The Labute approximate surface area is 123 Å². The van der Waals surface area contributed by atoms with E-state index in [1.165, 1.54) is 61.6 Å².